The average Bonchev–Trinajstić information content (AvgIpc) is 3.49. The molecule has 1 aromatic rings. The standard InChI is InChI=1S/C29H38BrN5O8/c1-6-17-14-29(17,26(39)41-7-2)33-23(36)19-13-18-16-34(19)25(38)22(28(3,4)5)32-27(40)43-12-10-8-9-11-42-20-15-31-35(18)24(37)21(20)30/h6,8,10,15,17-19,22H,1,7,9,11-14,16H2,2-5H3,(H,32,40)(H,33,36)/t17-,18-,19+,22-,29-/m1/s1. The number of hydrogen-bond donors (Lipinski definition) is 2. The van der Waals surface area contributed by atoms with Crippen LogP contribution in [0, 0.1) is 11.3 Å². The lowest BCUT2D eigenvalue weighted by molar-refractivity contribution is -0.150. The van der Waals surface area contributed by atoms with Crippen molar-refractivity contribution in [3.05, 3.63) is 45.8 Å². The largest absolute Gasteiger partial charge is 0.490 e. The molecular weight excluding hydrogens is 626 g/mol. The maximum Gasteiger partial charge on any atom is 0.408 e. The van der Waals surface area contributed by atoms with Crippen molar-refractivity contribution < 1.29 is 33.4 Å². The van der Waals surface area contributed by atoms with Crippen LogP contribution in [0.3, 0.4) is 0 Å². The summed E-state index contributed by atoms with van der Waals surface area (Å²) in [6.45, 7) is 11.1. The highest BCUT2D eigenvalue weighted by atomic mass is 79.9. The van der Waals surface area contributed by atoms with Gasteiger partial charge >= 0.3 is 12.1 Å². The fourth-order valence-corrected chi connectivity index (χ4v) is 5.76. The number of esters is 1. The van der Waals surface area contributed by atoms with Crippen LogP contribution in [0.25, 0.3) is 0 Å². The van der Waals surface area contributed by atoms with Gasteiger partial charge in [0.2, 0.25) is 11.8 Å². The molecule has 0 unspecified atom stereocenters. The van der Waals surface area contributed by atoms with Crippen molar-refractivity contribution in [2.75, 3.05) is 26.4 Å². The highest BCUT2D eigenvalue weighted by Gasteiger charge is 2.62. The van der Waals surface area contributed by atoms with Gasteiger partial charge in [-0.25, -0.2) is 14.3 Å². The molecule has 0 spiro atoms. The molecule has 4 bridgehead atoms. The van der Waals surface area contributed by atoms with Gasteiger partial charge < -0.3 is 29.7 Å². The smallest absolute Gasteiger partial charge is 0.408 e. The summed E-state index contributed by atoms with van der Waals surface area (Å²) in [7, 11) is 0. The summed E-state index contributed by atoms with van der Waals surface area (Å²) in [5, 5.41) is 9.79. The number of alkyl carbamates (subject to hydrolysis) is 1. The van der Waals surface area contributed by atoms with Crippen molar-refractivity contribution in [2.45, 2.75) is 70.6 Å². The van der Waals surface area contributed by atoms with E-state index in [1.807, 2.05) is 0 Å². The molecule has 13 nitrogen and oxygen atoms in total. The van der Waals surface area contributed by atoms with Gasteiger partial charge in [0, 0.05) is 18.9 Å². The van der Waals surface area contributed by atoms with E-state index in [1.54, 1.807) is 45.9 Å². The van der Waals surface area contributed by atoms with Gasteiger partial charge in [0.15, 0.2) is 5.75 Å². The Hall–Kier alpha value is -3.68. The molecule has 4 aliphatic rings. The van der Waals surface area contributed by atoms with E-state index in [2.05, 4.69) is 38.2 Å². The van der Waals surface area contributed by atoms with E-state index in [4.69, 9.17) is 14.2 Å². The second-order valence-electron chi connectivity index (χ2n) is 11.8. The molecule has 0 aromatic carbocycles. The molecule has 43 heavy (non-hydrogen) atoms. The number of ether oxygens (including phenoxy) is 3. The van der Waals surface area contributed by atoms with Crippen LogP contribution in [0.5, 0.6) is 5.75 Å². The SMILES string of the molecule is C=C[C@@H]1C[C@]1(NC(=O)[C@@H]1C[C@@H]2CN1C(=O)[C@H](C(C)(C)C)NC(=O)OCC=CCCOc1cnn2c(=O)c1Br)C(=O)OCC. The van der Waals surface area contributed by atoms with Gasteiger partial charge in [-0.1, -0.05) is 39.0 Å². The number of carbonyl (C=O) groups is 4. The first-order chi connectivity index (χ1) is 20.3. The molecule has 1 saturated carbocycles. The number of rotatable bonds is 5. The van der Waals surface area contributed by atoms with Gasteiger partial charge in [-0.2, -0.15) is 5.10 Å². The third-order valence-corrected chi connectivity index (χ3v) is 8.53. The normalized spacial score (nSPS) is 27.7. The van der Waals surface area contributed by atoms with E-state index < -0.39 is 58.5 Å². The van der Waals surface area contributed by atoms with Crippen molar-refractivity contribution >= 4 is 39.8 Å². The van der Waals surface area contributed by atoms with Gasteiger partial charge in [0.1, 0.15) is 28.7 Å². The lowest BCUT2D eigenvalue weighted by Gasteiger charge is -2.35. The molecule has 0 radical (unpaired) electrons. The Labute approximate surface area is 258 Å². The zero-order valence-corrected chi connectivity index (χ0v) is 26.3. The third-order valence-electron chi connectivity index (χ3n) is 7.80. The summed E-state index contributed by atoms with van der Waals surface area (Å²) in [6.07, 6.45) is 6.43. The van der Waals surface area contributed by atoms with Crippen molar-refractivity contribution in [1.82, 2.24) is 25.3 Å². The molecule has 1 aromatic heterocycles. The van der Waals surface area contributed by atoms with E-state index in [0.29, 0.717) is 12.8 Å². The molecule has 5 atom stereocenters. The Kier molecular flexibility index (Phi) is 9.67. The van der Waals surface area contributed by atoms with Crippen molar-refractivity contribution in [3.8, 4) is 5.75 Å². The predicted molar refractivity (Wildman–Crippen MR) is 158 cm³/mol. The Bertz CT molecular complexity index is 1370. The quantitative estimate of drug-likeness (QED) is 0.356. The molecule has 5 rings (SSSR count). The van der Waals surface area contributed by atoms with Crippen LogP contribution in [0.4, 0.5) is 4.79 Å². The highest BCUT2D eigenvalue weighted by molar-refractivity contribution is 9.10. The molecule has 2 fully saturated rings. The molecular formula is C29H38BrN5O8. The molecule has 3 aliphatic heterocycles. The zero-order chi connectivity index (χ0) is 31.5. The number of nitrogens with zero attached hydrogens (tertiary/aromatic N) is 3. The van der Waals surface area contributed by atoms with Crippen LogP contribution < -0.4 is 20.9 Å². The number of fused-ring (bicyclic) bond motifs is 11. The van der Waals surface area contributed by atoms with Crippen LogP contribution in [0.15, 0.2) is 40.3 Å². The summed E-state index contributed by atoms with van der Waals surface area (Å²) in [5.74, 6) is -1.80. The molecule has 4 heterocycles. The maximum atomic E-state index is 14.2. The molecule has 1 saturated heterocycles. The number of hydrogen-bond acceptors (Lipinski definition) is 9. The van der Waals surface area contributed by atoms with Crippen LogP contribution in [0.2, 0.25) is 0 Å². The second kappa shape index (κ2) is 12.9. The minimum Gasteiger partial charge on any atom is -0.490 e. The van der Waals surface area contributed by atoms with Crippen LogP contribution >= 0.6 is 15.9 Å². The van der Waals surface area contributed by atoms with E-state index in [-0.39, 0.29) is 48.9 Å². The molecule has 2 N–H and O–H groups in total. The molecule has 1 aliphatic carbocycles. The van der Waals surface area contributed by atoms with Gasteiger partial charge in [0.05, 0.1) is 25.5 Å². The molecule has 3 amide bonds. The predicted octanol–water partition coefficient (Wildman–Crippen LogP) is 2.25. The number of carbonyl (C=O) groups excluding carboxylic acids is 4. The number of aromatic nitrogens is 2. The van der Waals surface area contributed by atoms with Crippen LogP contribution in [-0.4, -0.2) is 82.5 Å². The topological polar surface area (TPSA) is 158 Å². The minimum absolute atomic E-state index is 0.0278. The first-order valence-corrected chi connectivity index (χ1v) is 15.0. The van der Waals surface area contributed by atoms with E-state index in [1.165, 1.54) is 15.8 Å². The van der Waals surface area contributed by atoms with Crippen molar-refractivity contribution in [1.29, 1.82) is 0 Å². The molecule has 234 valence electrons. The summed E-state index contributed by atoms with van der Waals surface area (Å²) < 4.78 is 17.6. The third kappa shape index (κ3) is 6.78. The van der Waals surface area contributed by atoms with Gasteiger partial charge in [-0.15, -0.1) is 6.58 Å². The summed E-state index contributed by atoms with van der Waals surface area (Å²) >= 11 is 3.31. The first-order valence-electron chi connectivity index (χ1n) is 14.2. The van der Waals surface area contributed by atoms with Crippen molar-refractivity contribution in [2.24, 2.45) is 11.3 Å². The first kappa shape index (κ1) is 32.2. The van der Waals surface area contributed by atoms with E-state index >= 15 is 0 Å². The Morgan fingerprint density at radius 2 is 2.02 bits per heavy atom. The summed E-state index contributed by atoms with van der Waals surface area (Å²) in [6, 6.07) is -2.86. The highest BCUT2D eigenvalue weighted by Crippen LogP contribution is 2.46. The van der Waals surface area contributed by atoms with E-state index in [0.717, 1.165) is 0 Å². The van der Waals surface area contributed by atoms with Gasteiger partial charge in [-0.3, -0.25) is 14.4 Å². The lowest BCUT2D eigenvalue weighted by Crippen LogP contribution is -2.59. The summed E-state index contributed by atoms with van der Waals surface area (Å²) in [5.41, 5.74) is -2.55. The average molecular weight is 665 g/mol. The lowest BCUT2D eigenvalue weighted by atomic mass is 9.85. The van der Waals surface area contributed by atoms with Crippen molar-refractivity contribution in [3.63, 3.8) is 0 Å². The summed E-state index contributed by atoms with van der Waals surface area (Å²) in [4.78, 5) is 68.3. The monoisotopic (exact) mass is 663 g/mol. The maximum absolute atomic E-state index is 14.2. The Balaban J connectivity index is 1.73. The van der Waals surface area contributed by atoms with Crippen LogP contribution in [0.1, 0.15) is 53.0 Å². The zero-order valence-electron chi connectivity index (χ0n) is 24.8. The van der Waals surface area contributed by atoms with Crippen LogP contribution in [-0.2, 0) is 23.9 Å². The fraction of sp³-hybridized carbons (Fsp3) is 0.586. The van der Waals surface area contributed by atoms with Gasteiger partial charge in [0.25, 0.3) is 5.56 Å². The number of nitrogens with one attached hydrogen (secondary N) is 2. The minimum atomic E-state index is -1.29. The number of halogens is 1. The van der Waals surface area contributed by atoms with Gasteiger partial charge in [-0.05, 0) is 41.1 Å². The Morgan fingerprint density at radius 1 is 1.28 bits per heavy atom. The molecule has 14 heteroatoms. The second-order valence-corrected chi connectivity index (χ2v) is 12.6. The number of amides is 3. The van der Waals surface area contributed by atoms with E-state index in [9.17, 15) is 24.0 Å². The Morgan fingerprint density at radius 3 is 2.67 bits per heavy atom. The fourth-order valence-electron chi connectivity index (χ4n) is 5.36.